The number of rotatable bonds is 6. The molecule has 0 saturated heterocycles. The Kier molecular flexibility index (Phi) is 5.68. The summed E-state index contributed by atoms with van der Waals surface area (Å²) < 4.78 is 10.3. The van der Waals surface area contributed by atoms with Gasteiger partial charge in [0, 0.05) is 38.2 Å². The summed E-state index contributed by atoms with van der Waals surface area (Å²) in [6, 6.07) is -0.726. The molecular weight excluding hydrogens is 232 g/mol. The second-order valence-electron chi connectivity index (χ2n) is 4.51. The van der Waals surface area contributed by atoms with Crippen LogP contribution < -0.4 is 11.5 Å². The normalized spacial score (nSPS) is 25.1. The number of hydrogen-bond donors (Lipinski definition) is 2. The van der Waals surface area contributed by atoms with E-state index >= 15 is 0 Å². The number of ketones is 1. The highest BCUT2D eigenvalue weighted by atomic mass is 16.7. The number of ether oxygens (including phenoxy) is 2. The average molecular weight is 254 g/mol. The van der Waals surface area contributed by atoms with Crippen LogP contribution in [0.5, 0.6) is 0 Å². The van der Waals surface area contributed by atoms with Crippen molar-refractivity contribution in [3.8, 4) is 0 Å². The fraction of sp³-hybridized carbons (Fsp3) is 0.615. The molecule has 3 atom stereocenters. The van der Waals surface area contributed by atoms with Gasteiger partial charge in [-0.1, -0.05) is 18.2 Å². The smallest absolute Gasteiger partial charge is 0.178 e. The Bertz CT molecular complexity index is 346. The molecule has 102 valence electrons. The summed E-state index contributed by atoms with van der Waals surface area (Å²) in [6.07, 6.45) is 5.83. The molecule has 0 fully saturated rings. The molecule has 1 aliphatic carbocycles. The van der Waals surface area contributed by atoms with Crippen molar-refractivity contribution >= 4 is 5.78 Å². The zero-order chi connectivity index (χ0) is 13.7. The predicted octanol–water partition coefficient (Wildman–Crippen LogP) is 0.351. The molecule has 1 rings (SSSR count). The number of carbonyl (C=O) groups is 1. The number of hydrogen-bond acceptors (Lipinski definition) is 5. The van der Waals surface area contributed by atoms with Crippen molar-refractivity contribution in [2.75, 3.05) is 14.2 Å². The maximum atomic E-state index is 11.7. The fourth-order valence-corrected chi connectivity index (χ4v) is 1.92. The van der Waals surface area contributed by atoms with Crippen molar-refractivity contribution in [2.24, 2.45) is 17.4 Å². The van der Waals surface area contributed by atoms with E-state index in [1.54, 1.807) is 33.3 Å². The Morgan fingerprint density at radius 1 is 1.44 bits per heavy atom. The number of Topliss-reactive ketones (excluding diaryl/α,β-unsaturated/α-hetero) is 1. The summed E-state index contributed by atoms with van der Waals surface area (Å²) in [6.45, 7) is 1.67. The SMILES string of the molecule is COC(CC1C=CC(C(=O)[C@@H](C)N)=CC1N)OC. The first-order valence-corrected chi connectivity index (χ1v) is 6.00. The van der Waals surface area contributed by atoms with E-state index in [0.29, 0.717) is 12.0 Å². The highest BCUT2D eigenvalue weighted by Crippen LogP contribution is 2.22. The second kappa shape index (κ2) is 6.80. The van der Waals surface area contributed by atoms with Gasteiger partial charge in [0.1, 0.15) is 0 Å². The first kappa shape index (κ1) is 15.0. The summed E-state index contributed by atoms with van der Waals surface area (Å²) in [5.74, 6) is 0.00899. The van der Waals surface area contributed by atoms with Gasteiger partial charge in [0.25, 0.3) is 0 Å². The lowest BCUT2D eigenvalue weighted by atomic mass is 9.87. The highest BCUT2D eigenvalue weighted by Gasteiger charge is 2.24. The quantitative estimate of drug-likeness (QED) is 0.668. The molecule has 0 aromatic carbocycles. The molecular formula is C13H22N2O3. The van der Waals surface area contributed by atoms with Crippen molar-refractivity contribution in [3.05, 3.63) is 23.8 Å². The Hall–Kier alpha value is -1.01. The number of allylic oxidation sites excluding steroid dienone is 1. The Labute approximate surface area is 108 Å². The molecule has 0 radical (unpaired) electrons. The molecule has 0 saturated carbocycles. The lowest BCUT2D eigenvalue weighted by molar-refractivity contribution is -0.116. The fourth-order valence-electron chi connectivity index (χ4n) is 1.92. The zero-order valence-electron chi connectivity index (χ0n) is 11.1. The molecule has 0 spiro atoms. The average Bonchev–Trinajstić information content (AvgIpc) is 2.36. The number of methoxy groups -OCH3 is 2. The van der Waals surface area contributed by atoms with Gasteiger partial charge in [-0.2, -0.15) is 0 Å². The van der Waals surface area contributed by atoms with Crippen molar-refractivity contribution in [1.82, 2.24) is 0 Å². The van der Waals surface area contributed by atoms with Gasteiger partial charge in [0.15, 0.2) is 12.1 Å². The summed E-state index contributed by atoms with van der Waals surface area (Å²) in [5, 5.41) is 0. The van der Waals surface area contributed by atoms with Gasteiger partial charge in [-0.25, -0.2) is 0 Å². The second-order valence-corrected chi connectivity index (χ2v) is 4.51. The van der Waals surface area contributed by atoms with Crippen molar-refractivity contribution in [1.29, 1.82) is 0 Å². The van der Waals surface area contributed by atoms with Crippen LogP contribution in [0.4, 0.5) is 0 Å². The minimum Gasteiger partial charge on any atom is -0.356 e. The third kappa shape index (κ3) is 3.74. The van der Waals surface area contributed by atoms with Crippen LogP contribution in [-0.4, -0.2) is 38.4 Å². The molecule has 5 nitrogen and oxygen atoms in total. The van der Waals surface area contributed by atoms with E-state index in [1.165, 1.54) is 0 Å². The van der Waals surface area contributed by atoms with Gasteiger partial charge < -0.3 is 20.9 Å². The minimum atomic E-state index is -0.504. The van der Waals surface area contributed by atoms with Crippen LogP contribution in [0.15, 0.2) is 23.8 Å². The molecule has 4 N–H and O–H groups in total. The van der Waals surface area contributed by atoms with E-state index in [9.17, 15) is 4.79 Å². The van der Waals surface area contributed by atoms with Crippen LogP contribution in [0.3, 0.4) is 0 Å². The monoisotopic (exact) mass is 254 g/mol. The van der Waals surface area contributed by atoms with Crippen LogP contribution in [0.1, 0.15) is 13.3 Å². The topological polar surface area (TPSA) is 87.6 Å². The van der Waals surface area contributed by atoms with Gasteiger partial charge in [-0.3, -0.25) is 4.79 Å². The summed E-state index contributed by atoms with van der Waals surface area (Å²) in [5.41, 5.74) is 12.2. The highest BCUT2D eigenvalue weighted by molar-refractivity contribution is 6.01. The van der Waals surface area contributed by atoms with E-state index in [4.69, 9.17) is 20.9 Å². The largest absolute Gasteiger partial charge is 0.356 e. The van der Waals surface area contributed by atoms with E-state index in [1.807, 2.05) is 6.08 Å². The molecule has 18 heavy (non-hydrogen) atoms. The Morgan fingerprint density at radius 2 is 2.06 bits per heavy atom. The first-order chi connectivity index (χ1) is 8.49. The van der Waals surface area contributed by atoms with E-state index in [0.717, 1.165) is 0 Å². The lowest BCUT2D eigenvalue weighted by Gasteiger charge is -2.25. The van der Waals surface area contributed by atoms with Crippen molar-refractivity contribution in [2.45, 2.75) is 31.7 Å². The van der Waals surface area contributed by atoms with E-state index < -0.39 is 6.04 Å². The first-order valence-electron chi connectivity index (χ1n) is 6.00. The van der Waals surface area contributed by atoms with Gasteiger partial charge in [0.05, 0.1) is 6.04 Å². The number of nitrogens with two attached hydrogens (primary N) is 2. The molecule has 0 aromatic rings. The van der Waals surface area contributed by atoms with Crippen LogP contribution in [0.2, 0.25) is 0 Å². The lowest BCUT2D eigenvalue weighted by Crippen LogP contribution is -2.35. The summed E-state index contributed by atoms with van der Waals surface area (Å²) >= 11 is 0. The standard InChI is InChI=1S/C13H22N2O3/c1-8(14)13(16)10-5-4-9(11(15)6-10)7-12(17-2)18-3/h4-6,8-9,11-12H,7,14-15H2,1-3H3/t8-,9?,11?/m1/s1. The maximum Gasteiger partial charge on any atom is 0.178 e. The third-order valence-electron chi connectivity index (χ3n) is 3.08. The van der Waals surface area contributed by atoms with Gasteiger partial charge in [0.2, 0.25) is 0 Å². The molecule has 2 unspecified atom stereocenters. The molecule has 1 aliphatic rings. The van der Waals surface area contributed by atoms with Crippen LogP contribution in [0, 0.1) is 5.92 Å². The number of carbonyl (C=O) groups excluding carboxylic acids is 1. The van der Waals surface area contributed by atoms with Crippen molar-refractivity contribution in [3.63, 3.8) is 0 Å². The maximum absolute atomic E-state index is 11.7. The summed E-state index contributed by atoms with van der Waals surface area (Å²) in [7, 11) is 3.18. The van der Waals surface area contributed by atoms with E-state index in [-0.39, 0.29) is 24.0 Å². The molecule has 0 aliphatic heterocycles. The molecule has 0 aromatic heterocycles. The molecule has 0 heterocycles. The third-order valence-corrected chi connectivity index (χ3v) is 3.08. The predicted molar refractivity (Wildman–Crippen MR) is 69.8 cm³/mol. The van der Waals surface area contributed by atoms with Crippen LogP contribution >= 0.6 is 0 Å². The van der Waals surface area contributed by atoms with Gasteiger partial charge >= 0.3 is 0 Å². The van der Waals surface area contributed by atoms with Crippen molar-refractivity contribution < 1.29 is 14.3 Å². The van der Waals surface area contributed by atoms with Gasteiger partial charge in [-0.15, -0.1) is 0 Å². The van der Waals surface area contributed by atoms with E-state index in [2.05, 4.69) is 0 Å². The zero-order valence-corrected chi connectivity index (χ0v) is 11.1. The van der Waals surface area contributed by atoms with Crippen LogP contribution in [0.25, 0.3) is 0 Å². The Morgan fingerprint density at radius 3 is 2.50 bits per heavy atom. The molecule has 0 bridgehead atoms. The summed E-state index contributed by atoms with van der Waals surface area (Å²) in [4.78, 5) is 11.7. The molecule has 5 heteroatoms. The molecule has 0 amide bonds. The van der Waals surface area contributed by atoms with Crippen LogP contribution in [-0.2, 0) is 14.3 Å². The minimum absolute atomic E-state index is 0.0878. The van der Waals surface area contributed by atoms with Gasteiger partial charge in [-0.05, 0) is 6.92 Å². The Balaban J connectivity index is 2.67.